The topological polar surface area (TPSA) is 29.1 Å². The summed E-state index contributed by atoms with van der Waals surface area (Å²) in [6.07, 6.45) is 5.33. The van der Waals surface area contributed by atoms with Gasteiger partial charge in [-0.05, 0) is 23.2 Å². The van der Waals surface area contributed by atoms with Gasteiger partial charge in [-0.25, -0.2) is 9.13 Å². The maximum atomic E-state index is 12.5. The molecule has 0 unspecified atom stereocenters. The second-order valence-corrected chi connectivity index (χ2v) is 6.93. The number of aryl methyl sites for hydroxylation is 1. The summed E-state index contributed by atoms with van der Waals surface area (Å²) in [5.74, 6) is 0.0556. The number of rotatable bonds is 3. The number of hydrogen-bond donors (Lipinski definition) is 0. The minimum absolute atomic E-state index is 0. The molecule has 0 radical (unpaired) electrons. The van der Waals surface area contributed by atoms with E-state index in [-0.39, 0.29) is 30.2 Å². The Morgan fingerprint density at radius 2 is 1.96 bits per heavy atom. The molecule has 0 bridgehead atoms. The number of anilines is 1. The van der Waals surface area contributed by atoms with Gasteiger partial charge in [0.2, 0.25) is 11.5 Å². The van der Waals surface area contributed by atoms with Gasteiger partial charge in [0, 0.05) is 29.9 Å². The average molecular weight is 366 g/mol. The second-order valence-electron chi connectivity index (χ2n) is 6.55. The quantitative estimate of drug-likeness (QED) is 0.559. The molecule has 0 N–H and O–H groups in total. The Hall–Kier alpha value is -1.78. The second kappa shape index (κ2) is 6.61. The predicted octanol–water partition coefficient (Wildman–Crippen LogP) is -0.149. The number of halogens is 2. The van der Waals surface area contributed by atoms with Crippen LogP contribution in [-0.4, -0.2) is 17.4 Å². The number of nitrogens with zero attached hydrogens (tertiary/aromatic N) is 3. The molecule has 0 aliphatic carbocycles. The lowest BCUT2D eigenvalue weighted by atomic mass is 9.83. The lowest BCUT2D eigenvalue weighted by molar-refractivity contribution is -0.683. The molecule has 6 heteroatoms. The molecule has 1 aromatic carbocycles. The Balaban J connectivity index is 0.00000208. The van der Waals surface area contributed by atoms with Crippen molar-refractivity contribution in [3.63, 3.8) is 0 Å². The van der Waals surface area contributed by atoms with Crippen molar-refractivity contribution in [2.24, 2.45) is 7.05 Å². The SMILES string of the molecule is CN1/C(=C\C(=O)C[n+]2cc(Cl)n(C)c2)C(C)(C)c2ccccc21.[Cl-]. The Morgan fingerprint density at radius 3 is 2.54 bits per heavy atom. The summed E-state index contributed by atoms with van der Waals surface area (Å²) in [6.45, 7) is 4.59. The lowest BCUT2D eigenvalue weighted by Gasteiger charge is -2.23. The molecule has 1 aliphatic heterocycles. The van der Waals surface area contributed by atoms with Crippen molar-refractivity contribution in [1.82, 2.24) is 4.57 Å². The highest BCUT2D eigenvalue weighted by molar-refractivity contribution is 6.29. The van der Waals surface area contributed by atoms with Crippen LogP contribution in [0.15, 0.2) is 48.6 Å². The van der Waals surface area contributed by atoms with E-state index in [9.17, 15) is 4.79 Å². The third-order valence-electron chi connectivity index (χ3n) is 4.51. The summed E-state index contributed by atoms with van der Waals surface area (Å²) in [5.41, 5.74) is 3.25. The average Bonchev–Trinajstić information content (AvgIpc) is 2.90. The highest BCUT2D eigenvalue weighted by Gasteiger charge is 2.38. The zero-order valence-corrected chi connectivity index (χ0v) is 15.8. The summed E-state index contributed by atoms with van der Waals surface area (Å²) in [7, 11) is 3.87. The first kappa shape index (κ1) is 18.6. The van der Waals surface area contributed by atoms with Gasteiger partial charge in [0.25, 0.3) is 0 Å². The Kier molecular flexibility index (Phi) is 5.11. The molecule has 0 fully saturated rings. The van der Waals surface area contributed by atoms with Gasteiger partial charge in [0.05, 0.1) is 7.05 Å². The summed E-state index contributed by atoms with van der Waals surface area (Å²) in [6, 6.07) is 8.29. The van der Waals surface area contributed by atoms with Crippen LogP contribution in [0.4, 0.5) is 5.69 Å². The molecule has 2 heterocycles. The largest absolute Gasteiger partial charge is 1.00 e. The van der Waals surface area contributed by atoms with Crippen LogP contribution in [0, 0.1) is 0 Å². The van der Waals surface area contributed by atoms with Crippen molar-refractivity contribution in [3.8, 4) is 0 Å². The van der Waals surface area contributed by atoms with Crippen molar-refractivity contribution in [3.05, 3.63) is 59.3 Å². The first-order chi connectivity index (χ1) is 10.8. The lowest BCUT2D eigenvalue weighted by Crippen LogP contribution is -3.00. The number of benzene rings is 1. The molecule has 0 saturated heterocycles. The number of likely N-dealkylation sites (N-methyl/N-ethyl adjacent to an activating group) is 1. The molecule has 0 spiro atoms. The summed E-state index contributed by atoms with van der Waals surface area (Å²) >= 11 is 6.02. The van der Waals surface area contributed by atoms with E-state index in [4.69, 9.17) is 11.6 Å². The summed E-state index contributed by atoms with van der Waals surface area (Å²) in [4.78, 5) is 14.6. The molecule has 24 heavy (non-hydrogen) atoms. The molecule has 1 aliphatic rings. The molecular formula is C18H21Cl2N3O. The Morgan fingerprint density at radius 1 is 1.29 bits per heavy atom. The van der Waals surface area contributed by atoms with E-state index < -0.39 is 0 Å². The zero-order valence-electron chi connectivity index (χ0n) is 14.3. The number of carbonyl (C=O) groups is 1. The van der Waals surface area contributed by atoms with Gasteiger partial charge in [0.1, 0.15) is 6.20 Å². The van der Waals surface area contributed by atoms with E-state index in [1.807, 2.05) is 32.6 Å². The van der Waals surface area contributed by atoms with Gasteiger partial charge in [-0.3, -0.25) is 4.79 Å². The highest BCUT2D eigenvalue weighted by Crippen LogP contribution is 2.46. The number of carbonyl (C=O) groups excluding carboxylic acids is 1. The molecule has 4 nitrogen and oxygen atoms in total. The number of imidazole rings is 1. The first-order valence-electron chi connectivity index (χ1n) is 7.60. The van der Waals surface area contributed by atoms with Crippen LogP contribution in [-0.2, 0) is 23.8 Å². The van der Waals surface area contributed by atoms with E-state index in [1.54, 1.807) is 21.4 Å². The van der Waals surface area contributed by atoms with Crippen molar-refractivity contribution < 1.29 is 21.8 Å². The van der Waals surface area contributed by atoms with Crippen LogP contribution in [0.3, 0.4) is 0 Å². The monoisotopic (exact) mass is 365 g/mol. The molecule has 0 saturated carbocycles. The third kappa shape index (κ3) is 3.08. The normalized spacial score (nSPS) is 16.9. The van der Waals surface area contributed by atoms with Gasteiger partial charge in [-0.2, -0.15) is 0 Å². The molecule has 0 amide bonds. The van der Waals surface area contributed by atoms with Crippen LogP contribution in [0.1, 0.15) is 19.4 Å². The number of para-hydroxylation sites is 1. The van der Waals surface area contributed by atoms with Gasteiger partial charge < -0.3 is 17.3 Å². The van der Waals surface area contributed by atoms with Gasteiger partial charge in [-0.15, -0.1) is 0 Å². The molecule has 1 aromatic heterocycles. The van der Waals surface area contributed by atoms with E-state index in [0.29, 0.717) is 5.15 Å². The standard InChI is InChI=1S/C18H21ClN3O.ClH/c1-18(2)14-7-5-6-8-15(14)21(4)16(18)9-13(23)10-22-11-17(19)20(3)12-22;/h5-9,11-12H,10H2,1-4H3;1H/q+1;/p-1/b16-9-;. The Bertz CT molecular complexity index is 789. The van der Waals surface area contributed by atoms with Crippen molar-refractivity contribution in [2.75, 3.05) is 11.9 Å². The number of fused-ring (bicyclic) bond motifs is 1. The number of ketones is 1. The number of allylic oxidation sites excluding steroid dienone is 2. The predicted molar refractivity (Wildman–Crippen MR) is 91.6 cm³/mol. The fourth-order valence-corrected chi connectivity index (χ4v) is 3.43. The maximum absolute atomic E-state index is 12.5. The number of hydrogen-bond acceptors (Lipinski definition) is 2. The van der Waals surface area contributed by atoms with E-state index in [2.05, 4.69) is 30.9 Å². The summed E-state index contributed by atoms with van der Waals surface area (Å²) < 4.78 is 3.58. The van der Waals surface area contributed by atoms with Crippen molar-refractivity contribution >= 4 is 23.1 Å². The molecule has 3 rings (SSSR count). The third-order valence-corrected chi connectivity index (χ3v) is 4.87. The first-order valence-corrected chi connectivity index (χ1v) is 7.97. The highest BCUT2D eigenvalue weighted by atomic mass is 35.5. The fourth-order valence-electron chi connectivity index (χ4n) is 3.26. The van der Waals surface area contributed by atoms with Crippen LogP contribution in [0.5, 0.6) is 0 Å². The van der Waals surface area contributed by atoms with Gasteiger partial charge >= 0.3 is 0 Å². The summed E-state index contributed by atoms with van der Waals surface area (Å²) in [5, 5.41) is 0.608. The maximum Gasteiger partial charge on any atom is 0.245 e. The van der Waals surface area contributed by atoms with E-state index in [0.717, 1.165) is 11.4 Å². The minimum Gasteiger partial charge on any atom is -1.00 e. The zero-order chi connectivity index (χ0) is 16.8. The van der Waals surface area contributed by atoms with E-state index in [1.165, 1.54) is 5.56 Å². The minimum atomic E-state index is -0.181. The molecule has 2 aromatic rings. The molecular weight excluding hydrogens is 345 g/mol. The Labute approximate surface area is 153 Å². The van der Waals surface area contributed by atoms with Crippen LogP contribution in [0.2, 0.25) is 5.15 Å². The van der Waals surface area contributed by atoms with Crippen molar-refractivity contribution in [2.45, 2.75) is 25.8 Å². The smallest absolute Gasteiger partial charge is 0.245 e. The van der Waals surface area contributed by atoms with Crippen LogP contribution >= 0.6 is 11.6 Å². The van der Waals surface area contributed by atoms with Gasteiger partial charge in [-0.1, -0.05) is 32.0 Å². The van der Waals surface area contributed by atoms with E-state index >= 15 is 0 Å². The van der Waals surface area contributed by atoms with Gasteiger partial charge in [0.15, 0.2) is 12.3 Å². The van der Waals surface area contributed by atoms with Crippen molar-refractivity contribution in [1.29, 1.82) is 0 Å². The molecule has 128 valence electrons. The fraction of sp³-hybridized carbons (Fsp3) is 0.333. The molecule has 0 atom stereocenters. The van der Waals surface area contributed by atoms with Crippen LogP contribution < -0.4 is 21.9 Å². The van der Waals surface area contributed by atoms with Crippen LogP contribution in [0.25, 0.3) is 0 Å². The number of aromatic nitrogens is 2.